The Kier molecular flexibility index (Phi) is 2.95. The minimum atomic E-state index is 0.409. The second-order valence-electron chi connectivity index (χ2n) is 4.87. The number of anilines is 2. The molecule has 6 heteroatoms. The van der Waals surface area contributed by atoms with Gasteiger partial charge in [0.05, 0.1) is 7.11 Å². The van der Waals surface area contributed by atoms with Crippen LogP contribution in [0.5, 0.6) is 5.75 Å². The fourth-order valence-corrected chi connectivity index (χ4v) is 2.54. The summed E-state index contributed by atoms with van der Waals surface area (Å²) in [5, 5.41) is 0. The van der Waals surface area contributed by atoms with Crippen LogP contribution in [-0.4, -0.2) is 54.2 Å². The van der Waals surface area contributed by atoms with E-state index in [-0.39, 0.29) is 0 Å². The van der Waals surface area contributed by atoms with Crippen LogP contribution in [-0.2, 0) is 0 Å². The number of piperazine rings is 1. The lowest BCUT2D eigenvalue weighted by Crippen LogP contribution is -2.47. The first-order valence-electron chi connectivity index (χ1n) is 6.43. The normalized spacial score (nSPS) is 21.1. The van der Waals surface area contributed by atoms with Gasteiger partial charge in [0.1, 0.15) is 6.33 Å². The van der Waals surface area contributed by atoms with Crippen LogP contribution < -0.4 is 15.4 Å². The lowest BCUT2D eigenvalue weighted by molar-refractivity contribution is 0.247. The summed E-state index contributed by atoms with van der Waals surface area (Å²) >= 11 is 0. The molecule has 1 aromatic heterocycles. The van der Waals surface area contributed by atoms with Crippen molar-refractivity contribution < 1.29 is 4.74 Å². The molecule has 1 aromatic rings. The molecule has 1 aliphatic heterocycles. The second-order valence-corrected chi connectivity index (χ2v) is 4.87. The molecule has 2 N–H and O–H groups in total. The van der Waals surface area contributed by atoms with Crippen LogP contribution in [0.25, 0.3) is 0 Å². The molecule has 18 heavy (non-hydrogen) atoms. The van der Waals surface area contributed by atoms with Crippen LogP contribution >= 0.6 is 0 Å². The maximum Gasteiger partial charge on any atom is 0.204 e. The molecular weight excluding hydrogens is 230 g/mol. The third-order valence-electron chi connectivity index (χ3n) is 3.69. The first-order chi connectivity index (χ1) is 8.79. The van der Waals surface area contributed by atoms with Crippen molar-refractivity contribution in [2.24, 2.45) is 0 Å². The van der Waals surface area contributed by atoms with Gasteiger partial charge in [-0.1, -0.05) is 0 Å². The Morgan fingerprint density at radius 2 is 1.94 bits per heavy atom. The highest BCUT2D eigenvalue weighted by Gasteiger charge is 2.32. The van der Waals surface area contributed by atoms with Crippen molar-refractivity contribution in [2.75, 3.05) is 43.9 Å². The molecule has 2 heterocycles. The zero-order valence-electron chi connectivity index (χ0n) is 10.7. The van der Waals surface area contributed by atoms with Gasteiger partial charge in [0.15, 0.2) is 11.6 Å². The zero-order valence-corrected chi connectivity index (χ0v) is 10.7. The van der Waals surface area contributed by atoms with E-state index in [1.807, 2.05) is 0 Å². The van der Waals surface area contributed by atoms with Gasteiger partial charge in [-0.15, -0.1) is 0 Å². The van der Waals surface area contributed by atoms with E-state index in [1.165, 1.54) is 19.2 Å². The number of methoxy groups -OCH3 is 1. The van der Waals surface area contributed by atoms with Gasteiger partial charge < -0.3 is 15.4 Å². The van der Waals surface area contributed by atoms with E-state index in [9.17, 15) is 0 Å². The Morgan fingerprint density at radius 1 is 1.22 bits per heavy atom. The molecule has 1 saturated heterocycles. The average molecular weight is 249 g/mol. The van der Waals surface area contributed by atoms with Crippen LogP contribution in [0.3, 0.4) is 0 Å². The minimum Gasteiger partial charge on any atom is -0.490 e. The van der Waals surface area contributed by atoms with Gasteiger partial charge in [-0.2, -0.15) is 0 Å². The number of hydrogen-bond acceptors (Lipinski definition) is 6. The molecule has 0 spiro atoms. The van der Waals surface area contributed by atoms with Crippen LogP contribution in [0, 0.1) is 0 Å². The monoisotopic (exact) mass is 249 g/mol. The number of nitrogens with two attached hydrogens (primary N) is 1. The summed E-state index contributed by atoms with van der Waals surface area (Å²) in [4.78, 5) is 13.1. The van der Waals surface area contributed by atoms with Crippen LogP contribution in [0.4, 0.5) is 11.6 Å². The quantitative estimate of drug-likeness (QED) is 0.834. The second kappa shape index (κ2) is 4.61. The SMILES string of the molecule is COc1c(N)ncnc1N1CCN(C2CC2)CC1. The molecule has 2 fully saturated rings. The Balaban J connectivity index is 1.73. The lowest BCUT2D eigenvalue weighted by Gasteiger charge is -2.35. The third-order valence-corrected chi connectivity index (χ3v) is 3.69. The van der Waals surface area contributed by atoms with Crippen molar-refractivity contribution in [1.29, 1.82) is 0 Å². The molecule has 0 amide bonds. The highest BCUT2D eigenvalue weighted by atomic mass is 16.5. The van der Waals surface area contributed by atoms with Crippen LogP contribution in [0.1, 0.15) is 12.8 Å². The summed E-state index contributed by atoms with van der Waals surface area (Å²) in [5.74, 6) is 1.82. The molecule has 1 aliphatic carbocycles. The zero-order chi connectivity index (χ0) is 12.5. The van der Waals surface area contributed by atoms with Crippen molar-refractivity contribution in [1.82, 2.24) is 14.9 Å². The molecule has 0 atom stereocenters. The summed E-state index contributed by atoms with van der Waals surface area (Å²) in [6.45, 7) is 4.14. The smallest absolute Gasteiger partial charge is 0.204 e. The largest absolute Gasteiger partial charge is 0.490 e. The van der Waals surface area contributed by atoms with E-state index in [0.29, 0.717) is 11.6 Å². The predicted octanol–water partition coefficient (Wildman–Crippen LogP) is 0.352. The van der Waals surface area contributed by atoms with Crippen molar-refractivity contribution in [2.45, 2.75) is 18.9 Å². The average Bonchev–Trinajstić information content (AvgIpc) is 3.23. The Bertz CT molecular complexity index is 426. The van der Waals surface area contributed by atoms with Crippen LogP contribution in [0.2, 0.25) is 0 Å². The Labute approximate surface area is 107 Å². The number of nitrogens with zero attached hydrogens (tertiary/aromatic N) is 4. The first-order valence-corrected chi connectivity index (χ1v) is 6.43. The standard InChI is InChI=1S/C12H19N5O/c1-18-10-11(13)14-8-15-12(10)17-6-4-16(5-7-17)9-2-3-9/h8-9H,2-7H2,1H3,(H2,13,14,15). The molecule has 2 aliphatic rings. The van der Waals surface area contributed by atoms with E-state index in [1.54, 1.807) is 7.11 Å². The van der Waals surface area contributed by atoms with Gasteiger partial charge in [0, 0.05) is 32.2 Å². The number of aromatic nitrogens is 2. The predicted molar refractivity (Wildman–Crippen MR) is 69.8 cm³/mol. The summed E-state index contributed by atoms with van der Waals surface area (Å²) < 4.78 is 5.31. The fourth-order valence-electron chi connectivity index (χ4n) is 2.54. The maximum atomic E-state index is 5.81. The Hall–Kier alpha value is -1.56. The summed E-state index contributed by atoms with van der Waals surface area (Å²) in [6, 6.07) is 0.838. The molecule has 98 valence electrons. The Morgan fingerprint density at radius 3 is 2.56 bits per heavy atom. The van der Waals surface area contributed by atoms with Crippen molar-refractivity contribution >= 4 is 11.6 Å². The highest BCUT2D eigenvalue weighted by Crippen LogP contribution is 2.32. The fraction of sp³-hybridized carbons (Fsp3) is 0.667. The van der Waals surface area contributed by atoms with Gasteiger partial charge in [0.25, 0.3) is 0 Å². The number of ether oxygens (including phenoxy) is 1. The van der Waals surface area contributed by atoms with Gasteiger partial charge in [0.2, 0.25) is 5.75 Å². The summed E-state index contributed by atoms with van der Waals surface area (Å²) in [7, 11) is 1.61. The van der Waals surface area contributed by atoms with Gasteiger partial charge in [-0.3, -0.25) is 4.90 Å². The summed E-state index contributed by atoms with van der Waals surface area (Å²) in [6.07, 6.45) is 4.23. The van der Waals surface area contributed by atoms with Gasteiger partial charge in [-0.05, 0) is 12.8 Å². The third kappa shape index (κ3) is 2.08. The van der Waals surface area contributed by atoms with E-state index >= 15 is 0 Å². The first kappa shape index (κ1) is 11.5. The van der Waals surface area contributed by atoms with Crippen molar-refractivity contribution in [3.63, 3.8) is 0 Å². The van der Waals surface area contributed by atoms with E-state index < -0.39 is 0 Å². The molecular formula is C12H19N5O. The molecule has 6 nitrogen and oxygen atoms in total. The topological polar surface area (TPSA) is 67.5 Å². The van der Waals surface area contributed by atoms with Gasteiger partial charge >= 0.3 is 0 Å². The lowest BCUT2D eigenvalue weighted by atomic mass is 10.3. The molecule has 0 unspecified atom stereocenters. The van der Waals surface area contributed by atoms with Crippen molar-refractivity contribution in [3.8, 4) is 5.75 Å². The van der Waals surface area contributed by atoms with E-state index in [2.05, 4.69) is 19.8 Å². The summed E-state index contributed by atoms with van der Waals surface area (Å²) in [5.41, 5.74) is 5.81. The number of hydrogen-bond donors (Lipinski definition) is 1. The van der Waals surface area contributed by atoms with E-state index in [0.717, 1.165) is 38.0 Å². The molecule has 3 rings (SSSR count). The minimum absolute atomic E-state index is 0.409. The molecule has 1 saturated carbocycles. The highest BCUT2D eigenvalue weighted by molar-refractivity contribution is 5.62. The molecule has 0 aromatic carbocycles. The molecule has 0 radical (unpaired) electrons. The van der Waals surface area contributed by atoms with E-state index in [4.69, 9.17) is 10.5 Å². The number of rotatable bonds is 3. The number of nitrogen functional groups attached to an aromatic ring is 1. The maximum absolute atomic E-state index is 5.81. The van der Waals surface area contributed by atoms with Gasteiger partial charge in [-0.25, -0.2) is 9.97 Å². The van der Waals surface area contributed by atoms with Crippen molar-refractivity contribution in [3.05, 3.63) is 6.33 Å². The van der Waals surface area contributed by atoms with Crippen LogP contribution in [0.15, 0.2) is 6.33 Å². The molecule has 0 bridgehead atoms.